The number of H-pyrrole nitrogens is 1. The Morgan fingerprint density at radius 2 is 1.25 bits per heavy atom. The third-order valence-corrected chi connectivity index (χ3v) is 12.6. The lowest BCUT2D eigenvalue weighted by Crippen LogP contribution is -2.61. The number of carbonyl (C=O) groups excluding carboxylic acids is 6. The van der Waals surface area contributed by atoms with Crippen LogP contribution in [0.5, 0.6) is 0 Å². The van der Waals surface area contributed by atoms with Crippen LogP contribution in [0.15, 0.2) is 134 Å². The van der Waals surface area contributed by atoms with Gasteiger partial charge in [0.05, 0.1) is 12.1 Å². The fourth-order valence-corrected chi connectivity index (χ4v) is 8.78. The van der Waals surface area contributed by atoms with E-state index in [2.05, 4.69) is 26.3 Å². The standard InChI is InChI=1S/C53H60N8O7/c1-34(37-18-7-4-8-19-37)61-32-47(63)56-45(28-36-16-5-3-6-17-36)51(66)58-46(29-40-30-55-43-25-12-11-24-42(40)43)52(67)57-44(26-13-14-27-54)50(65)59-49(35(2)62)53(68)60(33-48(61)64)31-39-22-15-21-38-20-9-10-23-41(38)39/h3-12,15-25,30,34-35,44-46,49,55,62H,13-14,26-29,31-33,54H2,1-2H3,(H,56,63)(H,57,67)(H,58,66)(H,59,65)/t34-,35-,44+,45+,46-,49+/m1/s1. The molecule has 7 rings (SSSR count). The maximum absolute atomic E-state index is 15.0. The van der Waals surface area contributed by atoms with Crippen LogP contribution in [-0.2, 0) is 48.2 Å². The lowest BCUT2D eigenvalue weighted by atomic mass is 10.0. The molecule has 6 aromatic rings. The molecule has 1 fully saturated rings. The fourth-order valence-electron chi connectivity index (χ4n) is 8.78. The molecule has 0 bridgehead atoms. The second kappa shape index (κ2) is 22.9. The zero-order valence-corrected chi connectivity index (χ0v) is 38.4. The Hall–Kier alpha value is -7.36. The number of nitrogens with one attached hydrogen (secondary N) is 5. The molecule has 0 unspecified atom stereocenters. The monoisotopic (exact) mass is 920 g/mol. The van der Waals surface area contributed by atoms with E-state index in [0.29, 0.717) is 36.1 Å². The summed E-state index contributed by atoms with van der Waals surface area (Å²) in [6.45, 7) is 2.30. The number of aliphatic hydroxyl groups excluding tert-OH is 1. The lowest BCUT2D eigenvalue weighted by molar-refractivity contribution is -0.147. The number of aliphatic hydroxyl groups is 1. The van der Waals surface area contributed by atoms with Crippen LogP contribution < -0.4 is 27.0 Å². The average molecular weight is 921 g/mol. The summed E-state index contributed by atoms with van der Waals surface area (Å²) in [5, 5.41) is 25.2. The average Bonchev–Trinajstić information content (AvgIpc) is 3.76. The van der Waals surface area contributed by atoms with Crippen molar-refractivity contribution in [3.05, 3.63) is 156 Å². The molecule has 15 heteroatoms. The second-order valence-corrected chi connectivity index (χ2v) is 17.4. The molecule has 2 heterocycles. The normalized spacial score (nSPS) is 20.2. The number of carbonyl (C=O) groups is 6. The van der Waals surface area contributed by atoms with E-state index in [-0.39, 0.29) is 25.8 Å². The highest BCUT2D eigenvalue weighted by molar-refractivity contribution is 5.98. The van der Waals surface area contributed by atoms with E-state index in [1.54, 1.807) is 13.1 Å². The number of unbranched alkanes of at least 4 members (excludes halogenated alkanes) is 1. The Morgan fingerprint density at radius 1 is 0.632 bits per heavy atom. The van der Waals surface area contributed by atoms with E-state index in [0.717, 1.165) is 27.2 Å². The highest BCUT2D eigenvalue weighted by Gasteiger charge is 2.37. The van der Waals surface area contributed by atoms with Crippen molar-refractivity contribution in [1.29, 1.82) is 0 Å². The maximum Gasteiger partial charge on any atom is 0.248 e. The predicted molar refractivity (Wildman–Crippen MR) is 260 cm³/mol. The quantitative estimate of drug-likeness (QED) is 0.0832. The summed E-state index contributed by atoms with van der Waals surface area (Å²) in [7, 11) is 0. The minimum absolute atomic E-state index is 0.000484. The molecule has 1 aromatic heterocycles. The Morgan fingerprint density at radius 3 is 1.97 bits per heavy atom. The smallest absolute Gasteiger partial charge is 0.248 e. The van der Waals surface area contributed by atoms with Crippen molar-refractivity contribution in [2.45, 2.75) is 88.8 Å². The third-order valence-electron chi connectivity index (χ3n) is 12.6. The molecule has 0 radical (unpaired) electrons. The number of aromatic amines is 1. The van der Waals surface area contributed by atoms with Crippen LogP contribution >= 0.6 is 0 Å². The molecule has 0 aliphatic carbocycles. The van der Waals surface area contributed by atoms with E-state index in [1.807, 2.05) is 127 Å². The van der Waals surface area contributed by atoms with Crippen LogP contribution in [-0.4, -0.2) is 105 Å². The molecule has 354 valence electrons. The molecule has 1 aliphatic rings. The first kappa shape index (κ1) is 48.6. The Labute approximate surface area is 395 Å². The number of para-hydroxylation sites is 1. The topological polar surface area (TPSA) is 219 Å². The highest BCUT2D eigenvalue weighted by atomic mass is 16.3. The molecule has 6 amide bonds. The first-order chi connectivity index (χ1) is 32.9. The van der Waals surface area contributed by atoms with Gasteiger partial charge in [0.2, 0.25) is 35.4 Å². The van der Waals surface area contributed by atoms with Crippen molar-refractivity contribution in [1.82, 2.24) is 36.1 Å². The van der Waals surface area contributed by atoms with Crippen molar-refractivity contribution in [3.8, 4) is 0 Å². The van der Waals surface area contributed by atoms with Gasteiger partial charge >= 0.3 is 0 Å². The van der Waals surface area contributed by atoms with Gasteiger partial charge in [0.25, 0.3) is 0 Å². The van der Waals surface area contributed by atoms with Gasteiger partial charge in [-0.25, -0.2) is 0 Å². The van der Waals surface area contributed by atoms with Crippen LogP contribution in [0, 0.1) is 0 Å². The molecule has 68 heavy (non-hydrogen) atoms. The fraction of sp³-hybridized carbons (Fsp3) is 0.321. The van der Waals surface area contributed by atoms with E-state index in [9.17, 15) is 33.9 Å². The number of nitrogens with two attached hydrogens (primary N) is 1. The van der Waals surface area contributed by atoms with Crippen LogP contribution in [0.1, 0.15) is 61.4 Å². The Balaban J connectivity index is 1.33. The van der Waals surface area contributed by atoms with Gasteiger partial charge in [-0.3, -0.25) is 28.8 Å². The first-order valence-electron chi connectivity index (χ1n) is 23.2. The van der Waals surface area contributed by atoms with Gasteiger partial charge < -0.3 is 46.9 Å². The molecule has 8 N–H and O–H groups in total. The summed E-state index contributed by atoms with van der Waals surface area (Å²) >= 11 is 0. The van der Waals surface area contributed by atoms with Gasteiger partial charge in [0, 0.05) is 36.5 Å². The van der Waals surface area contributed by atoms with Crippen LogP contribution in [0.25, 0.3) is 21.7 Å². The molecular weight excluding hydrogens is 861 g/mol. The van der Waals surface area contributed by atoms with Crippen molar-refractivity contribution in [2.24, 2.45) is 5.73 Å². The molecule has 1 saturated heterocycles. The van der Waals surface area contributed by atoms with Crippen LogP contribution in [0.4, 0.5) is 0 Å². The molecule has 5 aromatic carbocycles. The van der Waals surface area contributed by atoms with E-state index < -0.39 is 84.8 Å². The van der Waals surface area contributed by atoms with Gasteiger partial charge in [0.1, 0.15) is 37.3 Å². The number of fused-ring (bicyclic) bond motifs is 2. The Bertz CT molecular complexity index is 2700. The summed E-state index contributed by atoms with van der Waals surface area (Å²) in [5.41, 5.74) is 9.51. The molecule has 0 saturated carbocycles. The largest absolute Gasteiger partial charge is 0.391 e. The number of hydrogen-bond acceptors (Lipinski definition) is 8. The number of nitrogens with zero attached hydrogens (tertiary/aromatic N) is 2. The molecule has 1 aliphatic heterocycles. The summed E-state index contributed by atoms with van der Waals surface area (Å²) in [4.78, 5) is 94.1. The van der Waals surface area contributed by atoms with Gasteiger partial charge in [0.15, 0.2) is 0 Å². The summed E-state index contributed by atoms with van der Waals surface area (Å²) in [6.07, 6.45) is 1.40. The van der Waals surface area contributed by atoms with Crippen molar-refractivity contribution < 1.29 is 33.9 Å². The van der Waals surface area contributed by atoms with Crippen molar-refractivity contribution in [3.63, 3.8) is 0 Å². The summed E-state index contributed by atoms with van der Waals surface area (Å²) in [5.74, 6) is -4.12. The first-order valence-corrected chi connectivity index (χ1v) is 23.2. The van der Waals surface area contributed by atoms with Gasteiger partial charge in [-0.1, -0.05) is 121 Å². The van der Waals surface area contributed by atoms with Crippen LogP contribution in [0.2, 0.25) is 0 Å². The van der Waals surface area contributed by atoms with Crippen molar-refractivity contribution in [2.75, 3.05) is 19.6 Å². The molecular formula is C53H60N8O7. The lowest BCUT2D eigenvalue weighted by Gasteiger charge is -2.35. The van der Waals surface area contributed by atoms with E-state index in [1.165, 1.54) is 16.7 Å². The van der Waals surface area contributed by atoms with Gasteiger partial charge in [-0.15, -0.1) is 0 Å². The van der Waals surface area contributed by atoms with Crippen molar-refractivity contribution >= 4 is 57.1 Å². The molecule has 6 atom stereocenters. The predicted octanol–water partition coefficient (Wildman–Crippen LogP) is 4.19. The second-order valence-electron chi connectivity index (χ2n) is 17.4. The number of hydrogen-bond donors (Lipinski definition) is 7. The molecule has 0 spiro atoms. The van der Waals surface area contributed by atoms with E-state index in [4.69, 9.17) is 5.73 Å². The zero-order chi connectivity index (χ0) is 48.2. The highest BCUT2D eigenvalue weighted by Crippen LogP contribution is 2.25. The zero-order valence-electron chi connectivity index (χ0n) is 38.4. The van der Waals surface area contributed by atoms with Crippen LogP contribution in [0.3, 0.4) is 0 Å². The minimum atomic E-state index is -1.57. The number of benzene rings is 5. The SMILES string of the molecule is C[C@H](c1ccccc1)N1CC(=O)N[C@@H](Cc2ccccc2)C(=O)N[C@H](Cc2c[nH]c3ccccc23)C(=O)N[C@@H](CCCCN)C(=O)N[C@@H]([C@@H](C)O)C(=O)N(Cc2cccc3ccccc23)CC1=O. The molecule has 15 nitrogen and oxygen atoms in total. The summed E-state index contributed by atoms with van der Waals surface area (Å²) in [6, 6.07) is 33.0. The van der Waals surface area contributed by atoms with Gasteiger partial charge in [-0.05, 0) is 78.7 Å². The summed E-state index contributed by atoms with van der Waals surface area (Å²) < 4.78 is 0. The number of amides is 6. The number of aromatic nitrogens is 1. The number of rotatable bonds is 13. The van der Waals surface area contributed by atoms with E-state index >= 15 is 0 Å². The third kappa shape index (κ3) is 12.1. The Kier molecular flexibility index (Phi) is 16.4. The van der Waals surface area contributed by atoms with Gasteiger partial charge in [-0.2, -0.15) is 0 Å². The minimum Gasteiger partial charge on any atom is -0.391 e. The maximum atomic E-state index is 15.0.